The molecule has 3 atom stereocenters. The Morgan fingerprint density at radius 3 is 2.33 bits per heavy atom. The lowest BCUT2D eigenvalue weighted by molar-refractivity contribution is -0.144. The Morgan fingerprint density at radius 2 is 1.76 bits per heavy atom. The number of nitrogens with one attached hydrogen (secondary N) is 1. The minimum absolute atomic E-state index is 0.0126. The number of likely N-dealkylation sites (tertiary alicyclic amines) is 1. The SMILES string of the molecule is CC(C)C1CCCCC1NC(=O)N1CC(C(C)C(=O)O)C1. The summed E-state index contributed by atoms with van der Waals surface area (Å²) in [6.07, 6.45) is 4.71. The van der Waals surface area contributed by atoms with Crippen LogP contribution in [0.5, 0.6) is 0 Å². The number of amides is 2. The summed E-state index contributed by atoms with van der Waals surface area (Å²) >= 11 is 0. The Kier molecular flexibility index (Phi) is 5.12. The highest BCUT2D eigenvalue weighted by molar-refractivity contribution is 5.76. The second kappa shape index (κ2) is 6.67. The molecule has 0 aromatic carbocycles. The Morgan fingerprint density at radius 1 is 1.14 bits per heavy atom. The van der Waals surface area contributed by atoms with E-state index in [1.807, 2.05) is 0 Å². The highest BCUT2D eigenvalue weighted by Gasteiger charge is 2.38. The van der Waals surface area contributed by atoms with Gasteiger partial charge in [-0.2, -0.15) is 0 Å². The minimum atomic E-state index is -0.771. The Balaban J connectivity index is 1.81. The van der Waals surface area contributed by atoms with E-state index in [1.54, 1.807) is 11.8 Å². The lowest BCUT2D eigenvalue weighted by Crippen LogP contribution is -2.59. The first kappa shape index (κ1) is 16.1. The van der Waals surface area contributed by atoms with Gasteiger partial charge < -0.3 is 15.3 Å². The van der Waals surface area contributed by atoms with Crippen LogP contribution in [0.4, 0.5) is 4.79 Å². The van der Waals surface area contributed by atoms with Crippen LogP contribution in [0, 0.1) is 23.7 Å². The molecule has 2 amide bonds. The van der Waals surface area contributed by atoms with Crippen molar-refractivity contribution in [3.05, 3.63) is 0 Å². The third-order valence-electron chi connectivity index (χ3n) is 5.28. The molecule has 1 aliphatic carbocycles. The van der Waals surface area contributed by atoms with Gasteiger partial charge in [-0.25, -0.2) is 4.79 Å². The number of carbonyl (C=O) groups excluding carboxylic acids is 1. The molecule has 0 radical (unpaired) electrons. The molecule has 0 aromatic rings. The molecule has 1 saturated carbocycles. The molecule has 5 nitrogen and oxygen atoms in total. The maximum absolute atomic E-state index is 12.3. The lowest BCUT2D eigenvalue weighted by atomic mass is 9.78. The van der Waals surface area contributed by atoms with Crippen LogP contribution < -0.4 is 5.32 Å². The van der Waals surface area contributed by atoms with E-state index in [9.17, 15) is 9.59 Å². The molecule has 21 heavy (non-hydrogen) atoms. The number of carbonyl (C=O) groups is 2. The van der Waals surface area contributed by atoms with Crippen molar-refractivity contribution in [2.75, 3.05) is 13.1 Å². The van der Waals surface area contributed by atoms with Crippen molar-refractivity contribution in [3.63, 3.8) is 0 Å². The molecule has 0 aromatic heterocycles. The summed E-state index contributed by atoms with van der Waals surface area (Å²) in [6, 6.07) is 0.267. The van der Waals surface area contributed by atoms with Gasteiger partial charge in [-0.05, 0) is 24.7 Å². The minimum Gasteiger partial charge on any atom is -0.481 e. The average Bonchev–Trinajstić information content (AvgIpc) is 2.36. The van der Waals surface area contributed by atoms with E-state index in [0.717, 1.165) is 6.42 Å². The van der Waals surface area contributed by atoms with Gasteiger partial charge in [0.1, 0.15) is 0 Å². The van der Waals surface area contributed by atoms with E-state index in [0.29, 0.717) is 24.9 Å². The number of carboxylic acid groups (broad SMARTS) is 1. The number of urea groups is 1. The van der Waals surface area contributed by atoms with Gasteiger partial charge in [-0.3, -0.25) is 4.79 Å². The maximum atomic E-state index is 12.3. The summed E-state index contributed by atoms with van der Waals surface area (Å²) in [6.45, 7) is 7.31. The first-order chi connectivity index (χ1) is 9.90. The van der Waals surface area contributed by atoms with Crippen molar-refractivity contribution in [1.82, 2.24) is 10.2 Å². The van der Waals surface area contributed by atoms with Gasteiger partial charge in [-0.15, -0.1) is 0 Å². The van der Waals surface area contributed by atoms with Crippen LogP contribution in [-0.4, -0.2) is 41.1 Å². The topological polar surface area (TPSA) is 69.6 Å². The lowest BCUT2D eigenvalue weighted by Gasteiger charge is -2.43. The molecule has 1 aliphatic heterocycles. The van der Waals surface area contributed by atoms with Gasteiger partial charge in [0.2, 0.25) is 0 Å². The predicted octanol–water partition coefficient (Wildman–Crippen LogP) is 2.56. The first-order valence-electron chi connectivity index (χ1n) is 8.18. The third kappa shape index (κ3) is 3.69. The molecule has 2 N–H and O–H groups in total. The normalized spacial score (nSPS) is 28.1. The summed E-state index contributed by atoms with van der Waals surface area (Å²) in [5.74, 6) is 0.115. The van der Waals surface area contributed by atoms with Gasteiger partial charge >= 0.3 is 12.0 Å². The molecule has 3 unspecified atom stereocenters. The number of carboxylic acids is 1. The second-order valence-corrected chi connectivity index (χ2v) is 7.04. The smallest absolute Gasteiger partial charge is 0.317 e. The summed E-state index contributed by atoms with van der Waals surface area (Å²) in [5, 5.41) is 12.2. The largest absolute Gasteiger partial charge is 0.481 e. The average molecular weight is 296 g/mol. The number of aliphatic carboxylic acids is 1. The molecule has 0 spiro atoms. The molecule has 1 heterocycles. The summed E-state index contributed by atoms with van der Waals surface area (Å²) < 4.78 is 0. The predicted molar refractivity (Wildman–Crippen MR) is 81.0 cm³/mol. The molecule has 0 bridgehead atoms. The Bertz CT molecular complexity index is 391. The van der Waals surface area contributed by atoms with Crippen LogP contribution in [0.1, 0.15) is 46.5 Å². The van der Waals surface area contributed by atoms with Crippen LogP contribution in [0.3, 0.4) is 0 Å². The van der Waals surface area contributed by atoms with E-state index in [-0.39, 0.29) is 23.9 Å². The van der Waals surface area contributed by atoms with E-state index >= 15 is 0 Å². The number of rotatable bonds is 4. The van der Waals surface area contributed by atoms with E-state index in [4.69, 9.17) is 5.11 Å². The monoisotopic (exact) mass is 296 g/mol. The third-order valence-corrected chi connectivity index (χ3v) is 5.28. The highest BCUT2D eigenvalue weighted by Crippen LogP contribution is 2.31. The van der Waals surface area contributed by atoms with Crippen LogP contribution in [-0.2, 0) is 4.79 Å². The van der Waals surface area contributed by atoms with Gasteiger partial charge in [0, 0.05) is 25.0 Å². The van der Waals surface area contributed by atoms with Crippen LogP contribution >= 0.6 is 0 Å². The van der Waals surface area contributed by atoms with Crippen LogP contribution in [0.2, 0.25) is 0 Å². The molecule has 1 saturated heterocycles. The van der Waals surface area contributed by atoms with Crippen molar-refractivity contribution >= 4 is 12.0 Å². The van der Waals surface area contributed by atoms with Gasteiger partial charge in [0.15, 0.2) is 0 Å². The molecule has 120 valence electrons. The van der Waals surface area contributed by atoms with E-state index < -0.39 is 5.97 Å². The molecule has 2 rings (SSSR count). The standard InChI is InChI=1S/C16H28N2O3/c1-10(2)13-6-4-5-7-14(13)17-16(21)18-8-12(9-18)11(3)15(19)20/h10-14H,4-9H2,1-3H3,(H,17,21)(H,19,20). The fraction of sp³-hybridized carbons (Fsp3) is 0.875. The summed E-state index contributed by atoms with van der Waals surface area (Å²) in [4.78, 5) is 24.9. The molecular formula is C16H28N2O3. The van der Waals surface area contributed by atoms with Gasteiger partial charge in [0.25, 0.3) is 0 Å². The van der Waals surface area contributed by atoms with Gasteiger partial charge in [0.05, 0.1) is 5.92 Å². The maximum Gasteiger partial charge on any atom is 0.317 e. The van der Waals surface area contributed by atoms with Crippen molar-refractivity contribution in [2.24, 2.45) is 23.7 Å². The zero-order chi connectivity index (χ0) is 15.6. The van der Waals surface area contributed by atoms with Gasteiger partial charge in [-0.1, -0.05) is 33.6 Å². The van der Waals surface area contributed by atoms with Crippen LogP contribution in [0.15, 0.2) is 0 Å². The Hall–Kier alpha value is -1.26. The zero-order valence-electron chi connectivity index (χ0n) is 13.3. The zero-order valence-corrected chi connectivity index (χ0v) is 13.3. The van der Waals surface area contributed by atoms with E-state index in [1.165, 1.54) is 19.3 Å². The fourth-order valence-corrected chi connectivity index (χ4v) is 3.58. The fourth-order valence-electron chi connectivity index (χ4n) is 3.58. The van der Waals surface area contributed by atoms with Crippen LogP contribution in [0.25, 0.3) is 0 Å². The molecule has 2 fully saturated rings. The molecule has 2 aliphatic rings. The van der Waals surface area contributed by atoms with Crippen molar-refractivity contribution < 1.29 is 14.7 Å². The van der Waals surface area contributed by atoms with Crippen molar-refractivity contribution in [2.45, 2.75) is 52.5 Å². The van der Waals surface area contributed by atoms with Crippen molar-refractivity contribution in [1.29, 1.82) is 0 Å². The summed E-state index contributed by atoms with van der Waals surface area (Å²) in [5.41, 5.74) is 0. The molecule has 5 heteroatoms. The quantitative estimate of drug-likeness (QED) is 0.837. The number of hydrogen-bond donors (Lipinski definition) is 2. The highest BCUT2D eigenvalue weighted by atomic mass is 16.4. The Labute approximate surface area is 127 Å². The molecular weight excluding hydrogens is 268 g/mol. The summed E-state index contributed by atoms with van der Waals surface area (Å²) in [7, 11) is 0. The second-order valence-electron chi connectivity index (χ2n) is 7.04. The van der Waals surface area contributed by atoms with E-state index in [2.05, 4.69) is 19.2 Å². The van der Waals surface area contributed by atoms with Crippen molar-refractivity contribution in [3.8, 4) is 0 Å². The number of hydrogen-bond acceptors (Lipinski definition) is 2. The number of nitrogens with zero attached hydrogens (tertiary/aromatic N) is 1. The first-order valence-corrected chi connectivity index (χ1v) is 8.18.